The molecule has 0 aromatic heterocycles. The van der Waals surface area contributed by atoms with E-state index < -0.39 is 0 Å². The zero-order valence-electron chi connectivity index (χ0n) is 7.76. The van der Waals surface area contributed by atoms with Crippen molar-refractivity contribution in [2.24, 2.45) is 23.2 Å². The van der Waals surface area contributed by atoms with Gasteiger partial charge in [-0.05, 0) is 17.8 Å². The van der Waals surface area contributed by atoms with Gasteiger partial charge in [-0.3, -0.25) is 9.59 Å². The van der Waals surface area contributed by atoms with Crippen LogP contribution in [0.1, 0.15) is 27.2 Å². The summed E-state index contributed by atoms with van der Waals surface area (Å²) in [7, 11) is 0. The first-order valence-electron chi connectivity index (χ1n) is 4.54. The minimum absolute atomic E-state index is 0.0301. The molecule has 12 heavy (non-hydrogen) atoms. The summed E-state index contributed by atoms with van der Waals surface area (Å²) in [6.45, 7) is 6.10. The van der Waals surface area contributed by atoms with Crippen LogP contribution in [-0.4, -0.2) is 11.6 Å². The summed E-state index contributed by atoms with van der Waals surface area (Å²) in [6.07, 6.45) is 0.943. The van der Waals surface area contributed by atoms with E-state index in [-0.39, 0.29) is 28.8 Å². The zero-order valence-corrected chi connectivity index (χ0v) is 7.76. The van der Waals surface area contributed by atoms with Crippen LogP contribution < -0.4 is 0 Å². The van der Waals surface area contributed by atoms with E-state index in [1.54, 1.807) is 0 Å². The predicted molar refractivity (Wildman–Crippen MR) is 44.6 cm³/mol. The minimum atomic E-state index is -0.129. The van der Waals surface area contributed by atoms with Crippen molar-refractivity contribution in [1.82, 2.24) is 0 Å². The Hall–Kier alpha value is -0.660. The van der Waals surface area contributed by atoms with Crippen LogP contribution in [0.3, 0.4) is 0 Å². The fraction of sp³-hybridized carbons (Fsp3) is 0.800. The van der Waals surface area contributed by atoms with Gasteiger partial charge in [-0.2, -0.15) is 0 Å². The molecule has 0 radical (unpaired) electrons. The summed E-state index contributed by atoms with van der Waals surface area (Å²) in [5.74, 6) is 0.210. The molecule has 3 fully saturated rings. The summed E-state index contributed by atoms with van der Waals surface area (Å²) in [6, 6.07) is 0. The lowest BCUT2D eigenvalue weighted by Crippen LogP contribution is -2.60. The molecule has 2 nitrogen and oxygen atoms in total. The third-order valence-corrected chi connectivity index (χ3v) is 3.92. The lowest BCUT2D eigenvalue weighted by atomic mass is 9.45. The first kappa shape index (κ1) is 7.96. The number of rotatable bonds is 0. The second-order valence-electron chi connectivity index (χ2n) is 4.73. The second-order valence-corrected chi connectivity index (χ2v) is 4.73. The Balaban J connectivity index is 2.36. The highest BCUT2D eigenvalue weighted by Gasteiger charge is 2.60. The lowest BCUT2D eigenvalue weighted by molar-refractivity contribution is -0.168. The molecule has 2 bridgehead atoms. The van der Waals surface area contributed by atoms with Crippen molar-refractivity contribution in [3.8, 4) is 0 Å². The van der Waals surface area contributed by atoms with Crippen LogP contribution in [0.4, 0.5) is 0 Å². The third kappa shape index (κ3) is 0.661. The van der Waals surface area contributed by atoms with Gasteiger partial charge in [0.15, 0.2) is 0 Å². The number of carbonyl (C=O) groups excluding carboxylic acids is 2. The van der Waals surface area contributed by atoms with E-state index in [4.69, 9.17) is 0 Å². The maximum Gasteiger partial charge on any atom is 0.202 e. The van der Waals surface area contributed by atoms with Crippen molar-refractivity contribution in [3.05, 3.63) is 0 Å². The number of ketones is 2. The van der Waals surface area contributed by atoms with Crippen LogP contribution in [0.25, 0.3) is 0 Å². The topological polar surface area (TPSA) is 34.1 Å². The number of hydrogen-bond donors (Lipinski definition) is 0. The highest BCUT2D eigenvalue weighted by atomic mass is 16.2. The van der Waals surface area contributed by atoms with Gasteiger partial charge in [0.1, 0.15) is 0 Å². The Morgan fingerprint density at radius 3 is 2.25 bits per heavy atom. The van der Waals surface area contributed by atoms with Crippen molar-refractivity contribution >= 4 is 11.6 Å². The quantitative estimate of drug-likeness (QED) is 0.510. The Kier molecular flexibility index (Phi) is 1.31. The first-order chi connectivity index (χ1) is 5.46. The molecule has 0 heterocycles. The van der Waals surface area contributed by atoms with Gasteiger partial charge >= 0.3 is 0 Å². The van der Waals surface area contributed by atoms with E-state index in [1.807, 2.05) is 6.92 Å². The van der Waals surface area contributed by atoms with E-state index >= 15 is 0 Å². The molecule has 0 N–H and O–H groups in total. The molecule has 0 saturated heterocycles. The first-order valence-corrected chi connectivity index (χ1v) is 4.54. The Morgan fingerprint density at radius 1 is 1.25 bits per heavy atom. The van der Waals surface area contributed by atoms with Gasteiger partial charge in [0.25, 0.3) is 0 Å². The highest BCUT2D eigenvalue weighted by Crippen LogP contribution is 2.58. The van der Waals surface area contributed by atoms with E-state index in [2.05, 4.69) is 13.8 Å². The predicted octanol–water partition coefficient (Wildman–Crippen LogP) is 1.44. The molecular formula is C10H14O2. The smallest absolute Gasteiger partial charge is 0.202 e. The van der Waals surface area contributed by atoms with Crippen LogP contribution in [0.5, 0.6) is 0 Å². The molecule has 3 aliphatic rings. The highest BCUT2D eigenvalue weighted by molar-refractivity contribution is 6.40. The maximum atomic E-state index is 11.4. The average molecular weight is 166 g/mol. The molecule has 0 amide bonds. The fourth-order valence-corrected chi connectivity index (χ4v) is 2.83. The molecule has 3 saturated carbocycles. The summed E-state index contributed by atoms with van der Waals surface area (Å²) in [4.78, 5) is 22.7. The van der Waals surface area contributed by atoms with Gasteiger partial charge < -0.3 is 0 Å². The van der Waals surface area contributed by atoms with Crippen molar-refractivity contribution in [3.63, 3.8) is 0 Å². The number of Topliss-reactive ketones (excluding diaryl/α,β-unsaturated/α-hetero) is 2. The Labute approximate surface area is 72.3 Å². The molecule has 2 heteroatoms. The van der Waals surface area contributed by atoms with Crippen LogP contribution in [-0.2, 0) is 9.59 Å². The summed E-state index contributed by atoms with van der Waals surface area (Å²) >= 11 is 0. The number of fused-ring (bicyclic) bond motifs is 2. The third-order valence-electron chi connectivity index (χ3n) is 3.92. The Morgan fingerprint density at radius 2 is 1.83 bits per heavy atom. The standard InChI is InChI=1S/C10H14O2/c1-5-6-4-7(10(6,2)3)9(12)8(5)11/h5-7H,4H2,1-3H3/t5-,6-,7+/m1/s1. The van der Waals surface area contributed by atoms with Crippen LogP contribution in [0.2, 0.25) is 0 Å². The van der Waals surface area contributed by atoms with Crippen LogP contribution in [0.15, 0.2) is 0 Å². The summed E-state index contributed by atoms with van der Waals surface area (Å²) < 4.78 is 0. The van der Waals surface area contributed by atoms with Gasteiger partial charge in [-0.1, -0.05) is 20.8 Å². The van der Waals surface area contributed by atoms with E-state index in [1.165, 1.54) is 0 Å². The molecule has 0 unspecified atom stereocenters. The van der Waals surface area contributed by atoms with Crippen LogP contribution in [0, 0.1) is 23.2 Å². The Bertz CT molecular complexity index is 265. The molecule has 0 aromatic carbocycles. The van der Waals surface area contributed by atoms with Gasteiger partial charge in [0, 0.05) is 11.8 Å². The fourth-order valence-electron chi connectivity index (χ4n) is 2.83. The summed E-state index contributed by atoms with van der Waals surface area (Å²) in [5.41, 5.74) is 0.0877. The minimum Gasteiger partial charge on any atom is -0.291 e. The van der Waals surface area contributed by atoms with Gasteiger partial charge in [0.2, 0.25) is 11.6 Å². The molecule has 3 atom stereocenters. The van der Waals surface area contributed by atoms with Crippen molar-refractivity contribution in [1.29, 1.82) is 0 Å². The van der Waals surface area contributed by atoms with E-state index in [9.17, 15) is 9.59 Å². The molecule has 0 spiro atoms. The number of hydrogen-bond acceptors (Lipinski definition) is 2. The van der Waals surface area contributed by atoms with Gasteiger partial charge in [-0.15, -0.1) is 0 Å². The SMILES string of the molecule is C[C@H]1C(=O)C(=O)[C@@H]2C[C@H]1C2(C)C. The van der Waals surface area contributed by atoms with Crippen molar-refractivity contribution < 1.29 is 9.59 Å². The molecule has 0 aromatic rings. The lowest BCUT2D eigenvalue weighted by Gasteiger charge is -2.57. The normalized spacial score (nSPS) is 44.1. The van der Waals surface area contributed by atoms with E-state index in [0.29, 0.717) is 5.92 Å². The largest absolute Gasteiger partial charge is 0.291 e. The van der Waals surface area contributed by atoms with Gasteiger partial charge in [-0.25, -0.2) is 0 Å². The number of carbonyl (C=O) groups is 2. The molecule has 0 aliphatic heterocycles. The zero-order chi connectivity index (χ0) is 9.09. The summed E-state index contributed by atoms with van der Waals surface area (Å²) in [5, 5.41) is 0. The molecule has 66 valence electrons. The van der Waals surface area contributed by atoms with Gasteiger partial charge in [0.05, 0.1) is 0 Å². The average Bonchev–Trinajstić information content (AvgIpc) is 1.98. The molecular weight excluding hydrogens is 152 g/mol. The maximum absolute atomic E-state index is 11.4. The second kappa shape index (κ2) is 1.98. The molecule has 3 rings (SSSR count). The monoisotopic (exact) mass is 166 g/mol. The molecule has 3 aliphatic carbocycles. The van der Waals surface area contributed by atoms with Crippen molar-refractivity contribution in [2.75, 3.05) is 0 Å². The van der Waals surface area contributed by atoms with Crippen LogP contribution >= 0.6 is 0 Å². The van der Waals surface area contributed by atoms with E-state index in [0.717, 1.165) is 6.42 Å². The van der Waals surface area contributed by atoms with Crippen molar-refractivity contribution in [2.45, 2.75) is 27.2 Å².